The molecule has 2 aromatic heterocycles. The standard InChI is InChI=1S/C22H29N2O4/c1-21(2,3)17-9-23-10-19(16(17)13-26)28-14-24-11-18(22(4,5)6)15(12-25)8-20(24)27-7/h8-13H,14H2,1-7H3/q+1. The van der Waals surface area contributed by atoms with E-state index in [9.17, 15) is 9.59 Å². The smallest absolute Gasteiger partial charge is 0.371 e. The van der Waals surface area contributed by atoms with Crippen molar-refractivity contribution in [1.29, 1.82) is 0 Å². The molecule has 0 aliphatic carbocycles. The molecule has 0 bridgehead atoms. The van der Waals surface area contributed by atoms with Gasteiger partial charge in [-0.25, -0.2) is 0 Å². The largest absolute Gasteiger partial charge is 0.448 e. The topological polar surface area (TPSA) is 69.4 Å². The second kappa shape index (κ2) is 8.09. The highest BCUT2D eigenvalue weighted by Crippen LogP contribution is 2.30. The van der Waals surface area contributed by atoms with Crippen molar-refractivity contribution >= 4 is 12.6 Å². The quantitative estimate of drug-likeness (QED) is 0.561. The average molecular weight is 385 g/mol. The Kier molecular flexibility index (Phi) is 6.22. The number of methoxy groups -OCH3 is 1. The highest BCUT2D eigenvalue weighted by molar-refractivity contribution is 5.82. The van der Waals surface area contributed by atoms with Crippen molar-refractivity contribution in [3.8, 4) is 11.6 Å². The third-order valence-corrected chi connectivity index (χ3v) is 4.54. The van der Waals surface area contributed by atoms with E-state index in [0.717, 1.165) is 23.7 Å². The van der Waals surface area contributed by atoms with Crippen LogP contribution in [-0.2, 0) is 17.6 Å². The first-order chi connectivity index (χ1) is 13.0. The van der Waals surface area contributed by atoms with E-state index in [2.05, 4.69) is 4.98 Å². The van der Waals surface area contributed by atoms with Crippen molar-refractivity contribution in [2.24, 2.45) is 0 Å². The second-order valence-corrected chi connectivity index (χ2v) is 8.76. The molecular weight excluding hydrogens is 356 g/mol. The Morgan fingerprint density at radius 1 is 1.00 bits per heavy atom. The monoisotopic (exact) mass is 385 g/mol. The number of hydrogen-bond acceptors (Lipinski definition) is 5. The van der Waals surface area contributed by atoms with Gasteiger partial charge in [-0.3, -0.25) is 14.6 Å². The van der Waals surface area contributed by atoms with Crippen LogP contribution >= 0.6 is 0 Å². The summed E-state index contributed by atoms with van der Waals surface area (Å²) in [5.74, 6) is 0.899. The predicted octanol–water partition coefficient (Wildman–Crippen LogP) is 3.63. The summed E-state index contributed by atoms with van der Waals surface area (Å²) in [4.78, 5) is 27.5. The molecule has 0 radical (unpaired) electrons. The maximum Gasteiger partial charge on any atom is 0.371 e. The Morgan fingerprint density at radius 2 is 1.64 bits per heavy atom. The molecule has 0 fully saturated rings. The van der Waals surface area contributed by atoms with Gasteiger partial charge < -0.3 is 9.47 Å². The predicted molar refractivity (Wildman–Crippen MR) is 106 cm³/mol. The zero-order chi connectivity index (χ0) is 21.1. The highest BCUT2D eigenvalue weighted by atomic mass is 16.5. The maximum atomic E-state index is 11.7. The van der Waals surface area contributed by atoms with Crippen LogP contribution in [-0.4, -0.2) is 24.7 Å². The number of carbonyl (C=O) groups excluding carboxylic acids is 2. The Morgan fingerprint density at radius 3 is 2.14 bits per heavy atom. The molecule has 0 unspecified atom stereocenters. The van der Waals surface area contributed by atoms with Crippen LogP contribution in [0.5, 0.6) is 11.6 Å². The number of carbonyl (C=O) groups is 2. The lowest BCUT2D eigenvalue weighted by atomic mass is 9.85. The summed E-state index contributed by atoms with van der Waals surface area (Å²) in [6.45, 7) is 12.3. The summed E-state index contributed by atoms with van der Waals surface area (Å²) in [6, 6.07) is 1.70. The van der Waals surface area contributed by atoms with Gasteiger partial charge in [0.2, 0.25) is 0 Å². The van der Waals surface area contributed by atoms with Gasteiger partial charge in [0.25, 0.3) is 6.73 Å². The number of hydrogen-bond donors (Lipinski definition) is 0. The Bertz CT molecular complexity index is 877. The van der Waals surface area contributed by atoms with E-state index in [1.165, 1.54) is 13.3 Å². The number of ether oxygens (including phenoxy) is 2. The fourth-order valence-electron chi connectivity index (χ4n) is 3.01. The van der Waals surface area contributed by atoms with Gasteiger partial charge in [0, 0.05) is 17.3 Å². The van der Waals surface area contributed by atoms with Gasteiger partial charge in [-0.05, 0) is 16.4 Å². The van der Waals surface area contributed by atoms with Crippen LogP contribution in [0.25, 0.3) is 0 Å². The summed E-state index contributed by atoms with van der Waals surface area (Å²) >= 11 is 0. The van der Waals surface area contributed by atoms with Gasteiger partial charge in [0.1, 0.15) is 0 Å². The van der Waals surface area contributed by atoms with Crippen molar-refractivity contribution < 1.29 is 23.6 Å². The third kappa shape index (κ3) is 4.55. The van der Waals surface area contributed by atoms with Gasteiger partial charge in [-0.15, -0.1) is 4.57 Å². The van der Waals surface area contributed by atoms with Crippen molar-refractivity contribution in [3.63, 3.8) is 0 Å². The minimum atomic E-state index is -0.238. The number of rotatable bonds is 6. The summed E-state index contributed by atoms with van der Waals surface area (Å²) < 4.78 is 13.1. The molecule has 150 valence electrons. The van der Waals surface area contributed by atoms with Gasteiger partial charge in [-0.2, -0.15) is 0 Å². The molecule has 6 heteroatoms. The van der Waals surface area contributed by atoms with Crippen LogP contribution in [0.15, 0.2) is 24.7 Å². The van der Waals surface area contributed by atoms with Gasteiger partial charge in [0.15, 0.2) is 24.5 Å². The SMILES string of the molecule is COc1cc(C=O)c(C(C)(C)C)c[n+]1COc1cncc(C(C)(C)C)c1C=O. The molecule has 0 saturated heterocycles. The molecule has 2 aromatic rings. The summed E-state index contributed by atoms with van der Waals surface area (Å²) in [7, 11) is 1.54. The zero-order valence-electron chi connectivity index (χ0n) is 17.7. The van der Waals surface area contributed by atoms with Crippen molar-refractivity contribution in [3.05, 3.63) is 46.9 Å². The molecule has 0 spiro atoms. The Labute approximate surface area is 166 Å². The van der Waals surface area contributed by atoms with Gasteiger partial charge in [0.05, 0.1) is 24.9 Å². The Hall–Kier alpha value is -2.76. The van der Waals surface area contributed by atoms with E-state index in [-0.39, 0.29) is 17.6 Å². The number of nitrogens with zero attached hydrogens (tertiary/aromatic N) is 2. The van der Waals surface area contributed by atoms with Crippen molar-refractivity contribution in [1.82, 2.24) is 4.98 Å². The number of pyridine rings is 2. The first-order valence-electron chi connectivity index (χ1n) is 9.16. The summed E-state index contributed by atoms with van der Waals surface area (Å²) in [5.41, 5.74) is 2.30. The summed E-state index contributed by atoms with van der Waals surface area (Å²) in [5, 5.41) is 0. The molecule has 2 rings (SSSR count). The summed E-state index contributed by atoms with van der Waals surface area (Å²) in [6.07, 6.45) is 6.71. The first kappa shape index (κ1) is 21.5. The minimum absolute atomic E-state index is 0.113. The van der Waals surface area contributed by atoms with Crippen LogP contribution in [0.1, 0.15) is 73.4 Å². The molecule has 0 amide bonds. The van der Waals surface area contributed by atoms with Crippen LogP contribution in [0.2, 0.25) is 0 Å². The van der Waals surface area contributed by atoms with E-state index >= 15 is 0 Å². The van der Waals surface area contributed by atoms with Crippen LogP contribution in [0.3, 0.4) is 0 Å². The molecule has 2 heterocycles. The molecule has 0 saturated carbocycles. The van der Waals surface area contributed by atoms with Gasteiger partial charge >= 0.3 is 5.88 Å². The molecule has 0 atom stereocenters. The zero-order valence-corrected chi connectivity index (χ0v) is 17.7. The first-order valence-corrected chi connectivity index (χ1v) is 9.16. The molecule has 0 aliphatic rings. The molecule has 0 aromatic carbocycles. The normalized spacial score (nSPS) is 11.8. The fourth-order valence-corrected chi connectivity index (χ4v) is 3.01. The van der Waals surface area contributed by atoms with Gasteiger partial charge in [-0.1, -0.05) is 41.5 Å². The molecule has 0 N–H and O–H groups in total. The molecule has 28 heavy (non-hydrogen) atoms. The van der Waals surface area contributed by atoms with Crippen LogP contribution in [0.4, 0.5) is 0 Å². The van der Waals surface area contributed by atoms with E-state index in [1.54, 1.807) is 16.8 Å². The second-order valence-electron chi connectivity index (χ2n) is 8.76. The molecule has 6 nitrogen and oxygen atoms in total. The number of aromatic nitrogens is 2. The van der Waals surface area contributed by atoms with Crippen molar-refractivity contribution in [2.45, 2.75) is 59.1 Å². The lowest BCUT2D eigenvalue weighted by molar-refractivity contribution is -0.728. The Balaban J connectivity index is 2.45. The maximum absolute atomic E-state index is 11.7. The lowest BCUT2D eigenvalue weighted by Gasteiger charge is -2.22. The van der Waals surface area contributed by atoms with Crippen LogP contribution < -0.4 is 14.0 Å². The lowest BCUT2D eigenvalue weighted by Crippen LogP contribution is -2.40. The fraction of sp³-hybridized carbons (Fsp3) is 0.455. The van der Waals surface area contributed by atoms with Crippen LogP contribution in [0, 0.1) is 0 Å². The number of aldehydes is 2. The molecular formula is C22H29N2O4+. The average Bonchev–Trinajstić information content (AvgIpc) is 2.63. The third-order valence-electron chi connectivity index (χ3n) is 4.54. The van der Waals surface area contributed by atoms with E-state index < -0.39 is 0 Å². The molecule has 0 aliphatic heterocycles. The van der Waals surface area contributed by atoms with E-state index in [1.807, 2.05) is 47.7 Å². The van der Waals surface area contributed by atoms with E-state index in [4.69, 9.17) is 9.47 Å². The highest BCUT2D eigenvalue weighted by Gasteiger charge is 2.26. The van der Waals surface area contributed by atoms with Crippen molar-refractivity contribution in [2.75, 3.05) is 7.11 Å². The van der Waals surface area contributed by atoms with E-state index in [0.29, 0.717) is 22.8 Å². The minimum Gasteiger partial charge on any atom is -0.448 e.